The summed E-state index contributed by atoms with van der Waals surface area (Å²) in [6.45, 7) is 3.78. The van der Waals surface area contributed by atoms with E-state index in [-0.39, 0.29) is 18.6 Å². The third-order valence-corrected chi connectivity index (χ3v) is 2.99. The summed E-state index contributed by atoms with van der Waals surface area (Å²) in [5.74, 6) is -0.139. The molecule has 0 aliphatic rings. The van der Waals surface area contributed by atoms with Gasteiger partial charge in [-0.2, -0.15) is 0 Å². The zero-order valence-corrected chi connectivity index (χ0v) is 11.0. The Balaban J connectivity index is 2.83. The van der Waals surface area contributed by atoms with E-state index in [1.165, 1.54) is 0 Å². The molecular weight excluding hydrogens is 270 g/mol. The van der Waals surface area contributed by atoms with Crippen molar-refractivity contribution in [2.24, 2.45) is 0 Å². The molecule has 3 nitrogen and oxygen atoms in total. The van der Waals surface area contributed by atoms with Crippen LogP contribution in [-0.2, 0) is 0 Å². The number of halogens is 1. The first-order valence-electron chi connectivity index (χ1n) is 5.26. The zero-order chi connectivity index (χ0) is 12.1. The lowest BCUT2D eigenvalue weighted by Crippen LogP contribution is -2.37. The highest BCUT2D eigenvalue weighted by atomic mass is 79.9. The molecule has 0 spiro atoms. The summed E-state index contributed by atoms with van der Waals surface area (Å²) in [6.07, 6.45) is 0.718. The predicted molar refractivity (Wildman–Crippen MR) is 67.5 cm³/mol. The Morgan fingerprint density at radius 1 is 1.56 bits per heavy atom. The van der Waals surface area contributed by atoms with Crippen molar-refractivity contribution in [3.05, 3.63) is 33.8 Å². The van der Waals surface area contributed by atoms with Crippen molar-refractivity contribution in [2.75, 3.05) is 6.61 Å². The van der Waals surface area contributed by atoms with E-state index < -0.39 is 0 Å². The van der Waals surface area contributed by atoms with Gasteiger partial charge >= 0.3 is 0 Å². The molecule has 1 aromatic rings. The van der Waals surface area contributed by atoms with E-state index >= 15 is 0 Å². The fourth-order valence-corrected chi connectivity index (χ4v) is 1.74. The molecule has 0 bridgehead atoms. The van der Waals surface area contributed by atoms with Crippen molar-refractivity contribution >= 4 is 21.8 Å². The molecule has 1 atom stereocenters. The Labute approximate surface area is 104 Å². The Morgan fingerprint density at radius 3 is 2.81 bits per heavy atom. The Bertz CT molecular complexity index is 375. The molecule has 1 rings (SSSR count). The van der Waals surface area contributed by atoms with Crippen LogP contribution in [0.3, 0.4) is 0 Å². The number of aryl methyl sites for hydroxylation is 1. The fraction of sp³-hybridized carbons (Fsp3) is 0.417. The summed E-state index contributed by atoms with van der Waals surface area (Å²) in [7, 11) is 0. The van der Waals surface area contributed by atoms with Crippen LogP contribution in [0.2, 0.25) is 0 Å². The van der Waals surface area contributed by atoms with Gasteiger partial charge in [-0.1, -0.05) is 28.9 Å². The molecule has 88 valence electrons. The highest BCUT2D eigenvalue weighted by Crippen LogP contribution is 2.16. The van der Waals surface area contributed by atoms with Crippen molar-refractivity contribution in [1.29, 1.82) is 0 Å². The van der Waals surface area contributed by atoms with Crippen LogP contribution in [0, 0.1) is 6.92 Å². The maximum absolute atomic E-state index is 11.9. The highest BCUT2D eigenvalue weighted by Gasteiger charge is 2.13. The fourth-order valence-electron chi connectivity index (χ4n) is 1.38. The van der Waals surface area contributed by atoms with Gasteiger partial charge in [-0.3, -0.25) is 4.79 Å². The van der Waals surface area contributed by atoms with Crippen molar-refractivity contribution in [3.63, 3.8) is 0 Å². The lowest BCUT2D eigenvalue weighted by Gasteiger charge is -2.15. The Hall–Kier alpha value is -0.870. The number of hydrogen-bond acceptors (Lipinski definition) is 2. The minimum atomic E-state index is -0.175. The van der Waals surface area contributed by atoms with E-state index in [9.17, 15) is 4.79 Å². The third-order valence-electron chi connectivity index (χ3n) is 2.49. The van der Waals surface area contributed by atoms with E-state index in [2.05, 4.69) is 21.2 Å². The number of hydrogen-bond donors (Lipinski definition) is 2. The summed E-state index contributed by atoms with van der Waals surface area (Å²) >= 11 is 3.34. The number of carbonyl (C=O) groups excluding carboxylic acids is 1. The molecule has 1 unspecified atom stereocenters. The molecule has 0 saturated heterocycles. The minimum absolute atomic E-state index is 0.0324. The summed E-state index contributed by atoms with van der Waals surface area (Å²) < 4.78 is 0.875. The number of aliphatic hydroxyl groups excluding tert-OH is 1. The van der Waals surface area contributed by atoms with Crippen LogP contribution in [0.1, 0.15) is 29.3 Å². The van der Waals surface area contributed by atoms with Gasteiger partial charge in [0, 0.05) is 10.0 Å². The van der Waals surface area contributed by atoms with E-state index in [1.807, 2.05) is 26.0 Å². The van der Waals surface area contributed by atoms with Gasteiger partial charge in [0.25, 0.3) is 5.91 Å². The normalized spacial score (nSPS) is 12.2. The standard InChI is InChI=1S/C12H16BrNO2/c1-3-10(7-15)14-12(16)11-6-9(13)5-4-8(11)2/h4-6,10,15H,3,7H2,1-2H3,(H,14,16). The lowest BCUT2D eigenvalue weighted by atomic mass is 10.1. The quantitative estimate of drug-likeness (QED) is 0.892. The molecule has 0 fully saturated rings. The van der Waals surface area contributed by atoms with Crippen LogP contribution in [-0.4, -0.2) is 23.7 Å². The molecule has 0 aliphatic carbocycles. The third kappa shape index (κ3) is 3.32. The van der Waals surface area contributed by atoms with Crippen LogP contribution in [0.25, 0.3) is 0 Å². The van der Waals surface area contributed by atoms with Crippen molar-refractivity contribution < 1.29 is 9.90 Å². The van der Waals surface area contributed by atoms with Gasteiger partial charge in [-0.05, 0) is 31.0 Å². The highest BCUT2D eigenvalue weighted by molar-refractivity contribution is 9.10. The number of amides is 1. The first-order chi connectivity index (χ1) is 7.58. The molecule has 0 saturated carbocycles. The van der Waals surface area contributed by atoms with E-state index in [0.29, 0.717) is 5.56 Å². The Kier molecular flexibility index (Phi) is 4.96. The van der Waals surface area contributed by atoms with Gasteiger partial charge < -0.3 is 10.4 Å². The number of aliphatic hydroxyl groups is 1. The van der Waals surface area contributed by atoms with Gasteiger partial charge in [-0.15, -0.1) is 0 Å². The Morgan fingerprint density at radius 2 is 2.25 bits per heavy atom. The number of carbonyl (C=O) groups is 1. The first kappa shape index (κ1) is 13.2. The summed E-state index contributed by atoms with van der Waals surface area (Å²) in [4.78, 5) is 11.9. The molecule has 0 aromatic heterocycles. The van der Waals surface area contributed by atoms with Crippen LogP contribution < -0.4 is 5.32 Å². The topological polar surface area (TPSA) is 49.3 Å². The monoisotopic (exact) mass is 285 g/mol. The smallest absolute Gasteiger partial charge is 0.251 e. The molecule has 4 heteroatoms. The molecule has 0 aliphatic heterocycles. The molecule has 0 heterocycles. The van der Waals surface area contributed by atoms with Crippen molar-refractivity contribution in [3.8, 4) is 0 Å². The number of benzene rings is 1. The lowest BCUT2D eigenvalue weighted by molar-refractivity contribution is 0.0914. The molecule has 1 aromatic carbocycles. The maximum atomic E-state index is 11.9. The molecule has 0 radical (unpaired) electrons. The maximum Gasteiger partial charge on any atom is 0.251 e. The van der Waals surface area contributed by atoms with Gasteiger partial charge in [0.05, 0.1) is 12.6 Å². The molecular formula is C12H16BrNO2. The number of rotatable bonds is 4. The number of nitrogens with one attached hydrogen (secondary N) is 1. The average Bonchev–Trinajstić information content (AvgIpc) is 2.28. The second-order valence-electron chi connectivity index (χ2n) is 3.72. The molecule has 2 N–H and O–H groups in total. The van der Waals surface area contributed by atoms with Gasteiger partial charge in [0.1, 0.15) is 0 Å². The van der Waals surface area contributed by atoms with Gasteiger partial charge in [-0.25, -0.2) is 0 Å². The predicted octanol–water partition coefficient (Wildman–Crippen LogP) is 2.26. The zero-order valence-electron chi connectivity index (χ0n) is 9.46. The van der Waals surface area contributed by atoms with E-state index in [0.717, 1.165) is 16.5 Å². The van der Waals surface area contributed by atoms with Crippen LogP contribution in [0.15, 0.2) is 22.7 Å². The first-order valence-corrected chi connectivity index (χ1v) is 6.05. The van der Waals surface area contributed by atoms with Crippen LogP contribution in [0.5, 0.6) is 0 Å². The van der Waals surface area contributed by atoms with Crippen molar-refractivity contribution in [2.45, 2.75) is 26.3 Å². The molecule has 16 heavy (non-hydrogen) atoms. The summed E-state index contributed by atoms with van der Waals surface area (Å²) in [6, 6.07) is 5.40. The van der Waals surface area contributed by atoms with E-state index in [1.54, 1.807) is 6.07 Å². The molecule has 1 amide bonds. The summed E-state index contributed by atoms with van der Waals surface area (Å²) in [5, 5.41) is 11.8. The second-order valence-corrected chi connectivity index (χ2v) is 4.64. The van der Waals surface area contributed by atoms with Crippen LogP contribution >= 0.6 is 15.9 Å². The van der Waals surface area contributed by atoms with Gasteiger partial charge in [0.2, 0.25) is 0 Å². The average molecular weight is 286 g/mol. The van der Waals surface area contributed by atoms with Gasteiger partial charge in [0.15, 0.2) is 0 Å². The summed E-state index contributed by atoms with van der Waals surface area (Å²) in [5.41, 5.74) is 1.56. The SMILES string of the molecule is CCC(CO)NC(=O)c1cc(Br)ccc1C. The van der Waals surface area contributed by atoms with E-state index in [4.69, 9.17) is 5.11 Å². The largest absolute Gasteiger partial charge is 0.394 e. The minimum Gasteiger partial charge on any atom is -0.394 e. The van der Waals surface area contributed by atoms with Crippen molar-refractivity contribution in [1.82, 2.24) is 5.32 Å². The second kappa shape index (κ2) is 6.01. The van der Waals surface area contributed by atoms with Crippen LogP contribution in [0.4, 0.5) is 0 Å².